The fourth-order valence-corrected chi connectivity index (χ4v) is 3.26. The highest BCUT2D eigenvalue weighted by molar-refractivity contribution is 7.12. The molecule has 1 aliphatic rings. The first-order chi connectivity index (χ1) is 9.66. The predicted molar refractivity (Wildman–Crippen MR) is 77.9 cm³/mol. The van der Waals surface area contributed by atoms with E-state index >= 15 is 0 Å². The van der Waals surface area contributed by atoms with E-state index in [-0.39, 0.29) is 11.9 Å². The molecule has 0 N–H and O–H groups in total. The first-order valence-corrected chi connectivity index (χ1v) is 7.85. The van der Waals surface area contributed by atoms with Gasteiger partial charge in [0, 0.05) is 12.6 Å². The number of carbonyl (C=O) groups excluding carboxylic acids is 1. The third-order valence-corrected chi connectivity index (χ3v) is 4.57. The number of hydrogen-bond donors (Lipinski definition) is 0. The van der Waals surface area contributed by atoms with E-state index in [0.29, 0.717) is 5.92 Å². The summed E-state index contributed by atoms with van der Waals surface area (Å²) in [7, 11) is 0. The van der Waals surface area contributed by atoms with Crippen molar-refractivity contribution in [2.45, 2.75) is 38.6 Å². The Balaban J connectivity index is 1.83. The fraction of sp³-hybridized carbons (Fsp3) is 0.467. The molecule has 1 aliphatic heterocycles. The normalized spacial score (nSPS) is 18.9. The maximum absolute atomic E-state index is 12.5. The highest BCUT2D eigenvalue weighted by Crippen LogP contribution is 2.34. The zero-order chi connectivity index (χ0) is 14.1. The number of aromatic nitrogens is 1. The molecule has 1 saturated heterocycles. The second-order valence-electron chi connectivity index (χ2n) is 5.44. The van der Waals surface area contributed by atoms with Crippen molar-refractivity contribution in [3.8, 4) is 0 Å². The van der Waals surface area contributed by atoms with E-state index in [0.717, 1.165) is 35.7 Å². The van der Waals surface area contributed by atoms with E-state index < -0.39 is 0 Å². The van der Waals surface area contributed by atoms with Gasteiger partial charge in [0.1, 0.15) is 0 Å². The second-order valence-corrected chi connectivity index (χ2v) is 6.39. The van der Waals surface area contributed by atoms with Gasteiger partial charge < -0.3 is 9.42 Å². The van der Waals surface area contributed by atoms with Gasteiger partial charge in [-0.15, -0.1) is 11.3 Å². The maximum Gasteiger partial charge on any atom is 0.264 e. The number of amides is 1. The standard InChI is InChI=1S/C15H18N2O2S/c1-10(2)11-9-13(19-16-11)12-5-3-7-17(12)15(18)14-6-4-8-20-14/h4,6,8-10,12H,3,5,7H2,1-2H3/t12-/m0/s1. The van der Waals surface area contributed by atoms with Crippen LogP contribution in [0.2, 0.25) is 0 Å². The molecule has 3 rings (SSSR count). The summed E-state index contributed by atoms with van der Waals surface area (Å²) in [6.45, 7) is 4.97. The van der Waals surface area contributed by atoms with Crippen molar-refractivity contribution >= 4 is 17.2 Å². The van der Waals surface area contributed by atoms with Gasteiger partial charge in [-0.2, -0.15) is 0 Å². The molecule has 5 heteroatoms. The van der Waals surface area contributed by atoms with Crippen molar-refractivity contribution in [1.29, 1.82) is 0 Å². The highest BCUT2D eigenvalue weighted by Gasteiger charge is 2.33. The Hall–Kier alpha value is -1.62. The minimum Gasteiger partial charge on any atom is -0.359 e. The van der Waals surface area contributed by atoms with Gasteiger partial charge in [0.05, 0.1) is 16.6 Å². The molecule has 106 valence electrons. The van der Waals surface area contributed by atoms with Crippen LogP contribution in [0.15, 0.2) is 28.1 Å². The van der Waals surface area contributed by atoms with Gasteiger partial charge in [-0.05, 0) is 30.2 Å². The van der Waals surface area contributed by atoms with Crippen LogP contribution >= 0.6 is 11.3 Å². The van der Waals surface area contributed by atoms with E-state index in [1.54, 1.807) is 0 Å². The highest BCUT2D eigenvalue weighted by atomic mass is 32.1. The average molecular weight is 290 g/mol. The Kier molecular flexibility index (Phi) is 3.61. The zero-order valence-corrected chi connectivity index (χ0v) is 12.5. The average Bonchev–Trinajstić information content (AvgIpc) is 3.17. The van der Waals surface area contributed by atoms with E-state index in [2.05, 4.69) is 19.0 Å². The molecule has 2 aromatic heterocycles. The van der Waals surface area contributed by atoms with Crippen molar-refractivity contribution in [1.82, 2.24) is 10.1 Å². The SMILES string of the molecule is CC(C)c1cc([C@@H]2CCCN2C(=O)c2cccs2)on1. The monoisotopic (exact) mass is 290 g/mol. The lowest BCUT2D eigenvalue weighted by atomic mass is 10.1. The van der Waals surface area contributed by atoms with E-state index in [9.17, 15) is 4.79 Å². The van der Waals surface area contributed by atoms with Gasteiger partial charge in [-0.25, -0.2) is 0 Å². The molecule has 0 radical (unpaired) electrons. The molecule has 0 spiro atoms. The van der Waals surface area contributed by atoms with Gasteiger partial charge >= 0.3 is 0 Å². The van der Waals surface area contributed by atoms with Crippen LogP contribution in [0, 0.1) is 0 Å². The third-order valence-electron chi connectivity index (χ3n) is 3.71. The molecule has 1 amide bonds. The molecule has 0 bridgehead atoms. The van der Waals surface area contributed by atoms with Gasteiger partial charge in [0.15, 0.2) is 5.76 Å². The molecular formula is C15H18N2O2S. The first-order valence-electron chi connectivity index (χ1n) is 6.98. The second kappa shape index (κ2) is 5.40. The van der Waals surface area contributed by atoms with Crippen LogP contribution in [-0.4, -0.2) is 22.5 Å². The lowest BCUT2D eigenvalue weighted by molar-refractivity contribution is 0.0719. The van der Waals surface area contributed by atoms with Crippen LogP contribution in [0.4, 0.5) is 0 Å². The largest absolute Gasteiger partial charge is 0.359 e. The van der Waals surface area contributed by atoms with Crippen LogP contribution in [0.5, 0.6) is 0 Å². The van der Waals surface area contributed by atoms with E-state index in [4.69, 9.17) is 4.52 Å². The third kappa shape index (κ3) is 2.38. The summed E-state index contributed by atoms with van der Waals surface area (Å²) in [6, 6.07) is 5.82. The number of thiophene rings is 1. The topological polar surface area (TPSA) is 46.3 Å². The molecule has 20 heavy (non-hydrogen) atoms. The smallest absolute Gasteiger partial charge is 0.264 e. The molecule has 1 fully saturated rings. The zero-order valence-electron chi connectivity index (χ0n) is 11.7. The molecule has 0 aromatic carbocycles. The van der Waals surface area contributed by atoms with Crippen molar-refractivity contribution in [2.24, 2.45) is 0 Å². The number of nitrogens with zero attached hydrogens (tertiary/aromatic N) is 2. The number of likely N-dealkylation sites (tertiary alicyclic amines) is 1. The van der Waals surface area contributed by atoms with Crippen LogP contribution in [0.25, 0.3) is 0 Å². The molecule has 0 aliphatic carbocycles. The summed E-state index contributed by atoms with van der Waals surface area (Å²) in [4.78, 5) is 15.2. The van der Waals surface area contributed by atoms with Crippen LogP contribution in [0.3, 0.4) is 0 Å². The Labute approximate surface area is 122 Å². The number of rotatable bonds is 3. The number of hydrogen-bond acceptors (Lipinski definition) is 4. The fourth-order valence-electron chi connectivity index (χ4n) is 2.58. The van der Waals surface area contributed by atoms with Crippen molar-refractivity contribution in [3.63, 3.8) is 0 Å². The Morgan fingerprint density at radius 2 is 2.40 bits per heavy atom. The summed E-state index contributed by atoms with van der Waals surface area (Å²) < 4.78 is 5.47. The predicted octanol–water partition coefficient (Wildman–Crippen LogP) is 3.84. The minimum absolute atomic E-state index is 0.0320. The van der Waals surface area contributed by atoms with Crippen LogP contribution < -0.4 is 0 Å². The molecular weight excluding hydrogens is 272 g/mol. The number of carbonyl (C=O) groups is 1. The summed E-state index contributed by atoms with van der Waals surface area (Å²) in [5, 5.41) is 6.04. The maximum atomic E-state index is 12.5. The lowest BCUT2D eigenvalue weighted by Crippen LogP contribution is -2.29. The first kappa shape index (κ1) is 13.4. The summed E-state index contributed by atoms with van der Waals surface area (Å²) in [6.07, 6.45) is 1.96. The Morgan fingerprint density at radius 1 is 1.55 bits per heavy atom. The lowest BCUT2D eigenvalue weighted by Gasteiger charge is -2.21. The van der Waals surface area contributed by atoms with Crippen molar-refractivity contribution in [2.75, 3.05) is 6.54 Å². The molecule has 2 aromatic rings. The minimum atomic E-state index is 0.0320. The van der Waals surface area contributed by atoms with Gasteiger partial charge in [-0.1, -0.05) is 25.1 Å². The van der Waals surface area contributed by atoms with E-state index in [1.807, 2.05) is 28.5 Å². The summed E-state index contributed by atoms with van der Waals surface area (Å²) in [5.41, 5.74) is 0.954. The van der Waals surface area contributed by atoms with Crippen molar-refractivity contribution in [3.05, 3.63) is 39.9 Å². The quantitative estimate of drug-likeness (QED) is 0.863. The molecule has 4 nitrogen and oxygen atoms in total. The molecule has 3 heterocycles. The molecule has 0 saturated carbocycles. The van der Waals surface area contributed by atoms with E-state index in [1.165, 1.54) is 11.3 Å². The summed E-state index contributed by atoms with van der Waals surface area (Å²) >= 11 is 1.49. The van der Waals surface area contributed by atoms with Gasteiger partial charge in [0.25, 0.3) is 5.91 Å². The molecule has 1 atom stereocenters. The molecule has 0 unspecified atom stereocenters. The Morgan fingerprint density at radius 3 is 3.05 bits per heavy atom. The van der Waals surface area contributed by atoms with Crippen LogP contribution in [0.1, 0.15) is 59.8 Å². The van der Waals surface area contributed by atoms with Crippen molar-refractivity contribution < 1.29 is 9.32 Å². The summed E-state index contributed by atoms with van der Waals surface area (Å²) in [5.74, 6) is 1.26. The Bertz CT molecular complexity index is 589. The van der Waals surface area contributed by atoms with Gasteiger partial charge in [-0.3, -0.25) is 4.79 Å². The van der Waals surface area contributed by atoms with Crippen LogP contribution in [-0.2, 0) is 0 Å². The van der Waals surface area contributed by atoms with Gasteiger partial charge in [0.2, 0.25) is 0 Å².